The van der Waals surface area contributed by atoms with Crippen LogP contribution in [0.3, 0.4) is 0 Å². The number of nitrogens with two attached hydrogens (primary N) is 1. The highest BCUT2D eigenvalue weighted by Crippen LogP contribution is 2.41. The molecule has 16 nitrogen and oxygen atoms in total. The Morgan fingerprint density at radius 2 is 0.613 bits per heavy atom. The van der Waals surface area contributed by atoms with Crippen LogP contribution in [0.2, 0.25) is 0 Å². The fourth-order valence-electron chi connectivity index (χ4n) is 14.8. The van der Waals surface area contributed by atoms with Crippen LogP contribution in [0, 0.1) is 0 Å². The number of thioether (sulfide) groups is 2. The van der Waals surface area contributed by atoms with E-state index < -0.39 is 32.5 Å². The number of carbonyl (C=O) groups is 4. The molecule has 626 valence electrons. The number of amides is 3. The van der Waals surface area contributed by atoms with Gasteiger partial charge in [-0.3, -0.25) is 18.6 Å². The molecule has 0 spiro atoms. The molecule has 16 aromatic rings. The first-order chi connectivity index (χ1) is 60.3. The normalized spacial score (nSPS) is 12.2. The van der Waals surface area contributed by atoms with Crippen molar-refractivity contribution in [3.8, 4) is 45.0 Å². The summed E-state index contributed by atoms with van der Waals surface area (Å²) in [5.74, 6) is -1.66. The molecule has 0 aliphatic carbocycles. The van der Waals surface area contributed by atoms with Crippen LogP contribution in [0.5, 0.6) is 0 Å². The number of pyridine rings is 4. The molecule has 0 radical (unpaired) electrons. The number of aromatic nitrogens is 4. The second-order valence-corrected chi connectivity index (χ2v) is 34.0. The summed E-state index contributed by atoms with van der Waals surface area (Å²) in [4.78, 5) is 73.7. The first-order valence-corrected chi connectivity index (χ1v) is 46.8. The zero-order valence-electron chi connectivity index (χ0n) is 70.3. The minimum atomic E-state index is -3.78. The third kappa shape index (κ3) is 21.9. The number of fused-ring (bicyclic) bond motifs is 4. The molecule has 4 aromatic heterocycles. The van der Waals surface area contributed by atoms with E-state index in [0.717, 1.165) is 86.1 Å². The van der Waals surface area contributed by atoms with Gasteiger partial charge in [-0.15, -0.1) is 23.5 Å². The van der Waals surface area contributed by atoms with Crippen molar-refractivity contribution in [2.75, 3.05) is 25.0 Å². The summed E-state index contributed by atoms with van der Waals surface area (Å²) >= 11 is 2.98. The largest absolute Gasteiger partial charge is 0.478 e. The first kappa shape index (κ1) is 90.2. The summed E-state index contributed by atoms with van der Waals surface area (Å²) in [6.45, 7) is 8.21. The van der Waals surface area contributed by atoms with E-state index in [9.17, 15) is 36.9 Å². The second-order valence-electron chi connectivity index (χ2n) is 29.1. The Morgan fingerprint density at radius 1 is 0.355 bits per heavy atom. The highest BCUT2D eigenvalue weighted by molar-refractivity contribution is 7.99. The number of carbonyl (C=O) groups excluding carboxylic acids is 3. The van der Waals surface area contributed by atoms with Gasteiger partial charge in [-0.1, -0.05) is 343 Å². The average molecular weight is 1720 g/mol. The molecule has 5 atom stereocenters. The molecular weight excluding hydrogens is 1620 g/mol. The molecule has 0 saturated heterocycles. The quantitative estimate of drug-likeness (QED) is 0.0373. The van der Waals surface area contributed by atoms with Gasteiger partial charge in [0.1, 0.15) is 4.90 Å². The molecule has 3 amide bonds. The maximum Gasteiger partial charge on any atom is 0.337 e. The number of nitrogens with zero attached hydrogens (tertiary/aromatic N) is 4. The third-order valence-corrected chi connectivity index (χ3v) is 24.7. The minimum absolute atomic E-state index is 0.0412. The van der Waals surface area contributed by atoms with Gasteiger partial charge < -0.3 is 26.8 Å². The summed E-state index contributed by atoms with van der Waals surface area (Å²) in [6.07, 6.45) is 9.84. The first-order valence-electron chi connectivity index (χ1n) is 40.9. The van der Waals surface area contributed by atoms with Gasteiger partial charge in [-0.25, -0.2) is 33.1 Å². The summed E-state index contributed by atoms with van der Waals surface area (Å²) in [7, 11) is -5.19. The van der Waals surface area contributed by atoms with Crippen LogP contribution in [0.15, 0.2) is 359 Å². The van der Waals surface area contributed by atoms with Crippen LogP contribution in [0.25, 0.3) is 88.6 Å². The molecule has 0 aliphatic rings. The lowest BCUT2D eigenvalue weighted by Crippen LogP contribution is -2.30. The van der Waals surface area contributed by atoms with Gasteiger partial charge in [0.05, 0.1) is 101 Å². The number of rotatable bonds is 23. The topological polar surface area (TPSA) is 253 Å². The molecule has 0 bridgehead atoms. The molecule has 6 N–H and O–H groups in total. The van der Waals surface area contributed by atoms with Crippen molar-refractivity contribution in [2.45, 2.75) is 97.1 Å². The van der Waals surface area contributed by atoms with Gasteiger partial charge in [0.2, 0.25) is 0 Å². The van der Waals surface area contributed by atoms with E-state index in [-0.39, 0.29) is 52.1 Å². The Labute approximate surface area is 736 Å². The number of nitrogens with one attached hydrogen (secondary N) is 3. The van der Waals surface area contributed by atoms with E-state index in [1.807, 2.05) is 305 Å². The van der Waals surface area contributed by atoms with Gasteiger partial charge in [0, 0.05) is 72.1 Å². The SMILES string of the molecule is CCC(N)c1ccccc1.CCC(NC(=O)c1c(S(C)(=O)=O)c(-c2ccccc2)nc2ccccc12)c1ccccc1.CCC(NC(=O)c1c(S(C)=O)c(-c2ccccc2)nc2ccccc12)c1ccccc1.CCC(NC(=O)c1c(SC)c(-c2ccccc2)nc2ccccc12)c1ccccc1.CSc1c(-c2ccccc2)nc2ccccc2c1C(=O)O. The zero-order chi connectivity index (χ0) is 87.7. The van der Waals surface area contributed by atoms with Crippen LogP contribution in [0.1, 0.15) is 141 Å². The fraction of sp³-hybridized carbons (Fsp3) is 0.154. The standard InChI is InChI=1S/C26H24N2O3S.C26H24N2O2S.C26H24N2OS.C17H13NO2S.C9H13N/c1-3-21(18-12-6-4-7-13-18)28-26(29)23-20-16-10-11-17-22(20)27-24(25(23)32(2,30)31)19-14-8-5-9-15-19;1-3-21(18-12-6-4-7-13-18)28-26(29)23-20-16-10-11-17-22(20)27-24(25(23)31(2)30)19-14-8-5-9-15-19;1-3-21(18-12-6-4-7-13-18)28-26(29)23-20-16-10-11-17-22(20)27-24(25(23)30-2)19-14-8-5-9-15-19;1-21-16-14(17(19)20)12-9-5-6-10-13(12)18-15(16)11-7-3-2-4-8-11;1-2-9(10)8-6-4-3-5-7-8/h4-17,21H,3H2,1-2H3,(H,28,29);4-17,21H,3H2,1-2H3,(H,28,29);4-17,21H,3H2,1-2H3,(H,28,29);2-10H,1H3,(H,19,20);3-7,9H,2,10H2,1H3. The minimum Gasteiger partial charge on any atom is -0.478 e. The molecular formula is C104H98N8O8S4. The van der Waals surface area contributed by atoms with E-state index >= 15 is 0 Å². The zero-order valence-corrected chi connectivity index (χ0v) is 73.5. The van der Waals surface area contributed by atoms with Crippen molar-refractivity contribution in [3.05, 3.63) is 384 Å². The molecule has 5 unspecified atom stereocenters. The molecule has 0 aliphatic heterocycles. The number of carboxylic acids is 1. The fourth-order valence-corrected chi connectivity index (χ4v) is 18.4. The van der Waals surface area contributed by atoms with Crippen LogP contribution >= 0.6 is 23.5 Å². The van der Waals surface area contributed by atoms with E-state index in [1.54, 1.807) is 54.4 Å². The van der Waals surface area contributed by atoms with Crippen molar-refractivity contribution >= 4 is 111 Å². The number of sulfone groups is 1. The van der Waals surface area contributed by atoms with E-state index in [4.69, 9.17) is 15.7 Å². The summed E-state index contributed by atoms with van der Waals surface area (Å²) in [5.41, 5.74) is 20.4. The average Bonchev–Trinajstić information content (AvgIpc) is 0.749. The van der Waals surface area contributed by atoms with Crippen molar-refractivity contribution < 1.29 is 36.9 Å². The Bertz CT molecular complexity index is 6490. The molecule has 124 heavy (non-hydrogen) atoms. The summed E-state index contributed by atoms with van der Waals surface area (Å²) in [5, 5.41) is 21.9. The van der Waals surface area contributed by atoms with Gasteiger partial charge in [0.25, 0.3) is 17.7 Å². The van der Waals surface area contributed by atoms with Crippen LogP contribution in [0.4, 0.5) is 0 Å². The number of carboxylic acid groups (broad SMARTS) is 1. The van der Waals surface area contributed by atoms with Gasteiger partial charge in [-0.2, -0.15) is 0 Å². The smallest absolute Gasteiger partial charge is 0.337 e. The van der Waals surface area contributed by atoms with Gasteiger partial charge in [-0.05, 0) is 84.7 Å². The molecule has 0 fully saturated rings. The van der Waals surface area contributed by atoms with Crippen molar-refractivity contribution in [2.24, 2.45) is 5.73 Å². The monoisotopic (exact) mass is 1710 g/mol. The number of hydrogen-bond donors (Lipinski definition) is 5. The Hall–Kier alpha value is -13.1. The Morgan fingerprint density at radius 3 is 0.935 bits per heavy atom. The van der Waals surface area contributed by atoms with Crippen LogP contribution < -0.4 is 21.7 Å². The third-order valence-electron chi connectivity index (χ3n) is 21.0. The van der Waals surface area contributed by atoms with Gasteiger partial charge >= 0.3 is 5.97 Å². The molecule has 4 heterocycles. The van der Waals surface area contributed by atoms with Crippen molar-refractivity contribution in [1.29, 1.82) is 0 Å². The summed E-state index contributed by atoms with van der Waals surface area (Å²) < 4.78 is 38.9. The molecule has 12 aromatic carbocycles. The second kappa shape index (κ2) is 43.6. The predicted molar refractivity (Wildman–Crippen MR) is 509 cm³/mol. The number of para-hydroxylation sites is 4. The van der Waals surface area contributed by atoms with E-state index in [2.05, 4.69) is 64.0 Å². The number of hydrogen-bond acceptors (Lipinski definition) is 14. The number of benzene rings is 12. The predicted octanol–water partition coefficient (Wildman–Crippen LogP) is 23.6. The lowest BCUT2D eigenvalue weighted by atomic mass is 10.0. The lowest BCUT2D eigenvalue weighted by molar-refractivity contribution is 0.0694. The van der Waals surface area contributed by atoms with Crippen molar-refractivity contribution in [3.63, 3.8) is 0 Å². The lowest BCUT2D eigenvalue weighted by Gasteiger charge is -2.20. The molecule has 0 saturated carbocycles. The van der Waals surface area contributed by atoms with Crippen LogP contribution in [-0.2, 0) is 20.6 Å². The maximum absolute atomic E-state index is 13.6. The highest BCUT2D eigenvalue weighted by Gasteiger charge is 2.31. The number of aromatic carboxylic acids is 1. The maximum atomic E-state index is 13.6. The Balaban J connectivity index is 0.000000146. The molecule has 20 heteroatoms. The van der Waals surface area contributed by atoms with E-state index in [0.29, 0.717) is 76.9 Å². The van der Waals surface area contributed by atoms with Gasteiger partial charge in [0.15, 0.2) is 9.84 Å². The summed E-state index contributed by atoms with van der Waals surface area (Å²) in [6, 6.07) is 108. The highest BCUT2D eigenvalue weighted by atomic mass is 32.2. The Kier molecular flexibility index (Phi) is 31.7. The van der Waals surface area contributed by atoms with Crippen molar-refractivity contribution in [1.82, 2.24) is 35.9 Å². The molecule has 16 rings (SSSR count). The van der Waals surface area contributed by atoms with E-state index in [1.165, 1.54) is 17.3 Å². The van der Waals surface area contributed by atoms with Crippen LogP contribution in [-0.4, -0.2) is 86.4 Å².